The van der Waals surface area contributed by atoms with Gasteiger partial charge in [-0.2, -0.15) is 6.08 Å². The molecule has 0 heterocycles. The molecule has 9 heavy (non-hydrogen) atoms. The predicted octanol–water partition coefficient (Wildman–Crippen LogP) is 2.59. The van der Waals surface area contributed by atoms with Crippen LogP contribution in [0.4, 0.5) is 0 Å². The Balaban J connectivity index is -0.000000120. The van der Waals surface area contributed by atoms with Crippen LogP contribution in [0, 0.1) is 20.9 Å². The minimum absolute atomic E-state index is 0. The first kappa shape index (κ1) is 16.2. The molecule has 0 N–H and O–H groups in total. The summed E-state index contributed by atoms with van der Waals surface area (Å²) in [6.07, 6.45) is 8.33. The molecule has 1 heteroatoms. The molecule has 0 aromatic heterocycles. The molecule has 0 unspecified atom stereocenters. The molecule has 49 valence electrons. The van der Waals surface area contributed by atoms with Crippen LogP contribution in [0.25, 0.3) is 0 Å². The Kier molecular flexibility index (Phi) is 15.0. The van der Waals surface area contributed by atoms with Crippen LogP contribution in [0.5, 0.6) is 0 Å². The second-order valence-electron chi connectivity index (χ2n) is 1.47. The topological polar surface area (TPSA) is 0 Å². The molecule has 0 saturated carbocycles. The molecule has 0 aromatic carbocycles. The van der Waals surface area contributed by atoms with E-state index in [0.29, 0.717) is 0 Å². The number of hydrogen-bond donors (Lipinski definition) is 0. The van der Waals surface area contributed by atoms with Gasteiger partial charge in [-0.1, -0.05) is 6.92 Å². The van der Waals surface area contributed by atoms with Gasteiger partial charge in [0.1, 0.15) is 0 Å². The van der Waals surface area contributed by atoms with Crippen molar-refractivity contribution in [3.8, 4) is 0 Å². The maximum atomic E-state index is 3.12. The van der Waals surface area contributed by atoms with E-state index in [1.54, 1.807) is 0 Å². The predicted molar refractivity (Wildman–Crippen MR) is 39.0 cm³/mol. The van der Waals surface area contributed by atoms with E-state index in [-0.39, 0.29) is 41.1 Å². The third-order valence-electron chi connectivity index (χ3n) is 0.867. The summed E-state index contributed by atoms with van der Waals surface area (Å²) in [4.78, 5) is 0. The van der Waals surface area contributed by atoms with Crippen molar-refractivity contribution >= 4 is 0 Å². The minimum atomic E-state index is 0. The summed E-state index contributed by atoms with van der Waals surface area (Å²) in [5, 5.41) is 0. The molecule has 0 atom stereocenters. The van der Waals surface area contributed by atoms with Crippen molar-refractivity contribution in [3.63, 3.8) is 0 Å². The molecule has 0 bridgehead atoms. The van der Waals surface area contributed by atoms with Gasteiger partial charge in [0.05, 0.1) is 0 Å². The van der Waals surface area contributed by atoms with Crippen LogP contribution in [-0.2, 0) is 26.2 Å². The molecule has 0 spiro atoms. The Morgan fingerprint density at radius 1 is 1.44 bits per heavy atom. The maximum Gasteiger partial charge on any atom is 3.00 e. The average Bonchev–Trinajstić information content (AvgIpc) is 1.86. The van der Waals surface area contributed by atoms with E-state index in [1.165, 1.54) is 5.57 Å². The van der Waals surface area contributed by atoms with Crippen molar-refractivity contribution in [3.05, 3.63) is 38.7 Å². The average molecular weight is 200 g/mol. The first-order valence-corrected chi connectivity index (χ1v) is 2.13. The van der Waals surface area contributed by atoms with Crippen molar-refractivity contribution in [2.45, 2.75) is 13.3 Å². The van der Waals surface area contributed by atoms with Gasteiger partial charge in [-0.15, -0.1) is 6.42 Å². The zero-order valence-corrected chi connectivity index (χ0v) is 8.82. The third-order valence-corrected chi connectivity index (χ3v) is 0.867. The summed E-state index contributed by atoms with van der Waals surface area (Å²) in [6, 6.07) is 0. The van der Waals surface area contributed by atoms with E-state index in [1.807, 2.05) is 0 Å². The summed E-state index contributed by atoms with van der Waals surface area (Å²) < 4.78 is 0. The van der Waals surface area contributed by atoms with Crippen molar-refractivity contribution in [2.24, 2.45) is 0 Å². The van der Waals surface area contributed by atoms with Gasteiger partial charge >= 0.3 is 26.2 Å². The Labute approximate surface area is 78.2 Å². The normalized spacial score (nSPS) is 12.3. The van der Waals surface area contributed by atoms with Gasteiger partial charge in [-0.25, -0.2) is 11.6 Å². The fraction of sp³-hybridized carbons (Fsp3) is 0.250. The minimum Gasteiger partial charge on any atom is -0.358 e. The second-order valence-corrected chi connectivity index (χ2v) is 1.47. The Hall–Kier alpha value is 0.363. The number of allylic oxidation sites excluding steroid dienone is 4. The van der Waals surface area contributed by atoms with Gasteiger partial charge in [-0.05, 0) is 0 Å². The number of hydrogen-bond acceptors (Lipinski definition) is 0. The van der Waals surface area contributed by atoms with E-state index < -0.39 is 0 Å². The van der Waals surface area contributed by atoms with E-state index >= 15 is 0 Å². The van der Waals surface area contributed by atoms with E-state index in [0.717, 1.165) is 6.42 Å². The van der Waals surface area contributed by atoms with Gasteiger partial charge in [0, 0.05) is 0 Å². The molecule has 1 rings (SSSR count). The smallest absolute Gasteiger partial charge is 0.358 e. The summed E-state index contributed by atoms with van der Waals surface area (Å²) >= 11 is 0. The maximum absolute atomic E-state index is 3.12. The van der Waals surface area contributed by atoms with Crippen molar-refractivity contribution in [1.82, 2.24) is 0 Å². The van der Waals surface area contributed by atoms with Crippen LogP contribution in [0.3, 0.4) is 0 Å². The van der Waals surface area contributed by atoms with Crippen molar-refractivity contribution in [1.29, 1.82) is 0 Å². The van der Waals surface area contributed by atoms with Crippen LogP contribution in [0.15, 0.2) is 17.7 Å². The zero-order chi connectivity index (χ0) is 4.41. The SMILES string of the molecule is CC1=[C-]CC=C1.[CH3-].[CH3-].[Zr+3]. The Morgan fingerprint density at radius 3 is 2.11 bits per heavy atom. The molecule has 0 saturated heterocycles. The van der Waals surface area contributed by atoms with Gasteiger partial charge < -0.3 is 14.9 Å². The summed E-state index contributed by atoms with van der Waals surface area (Å²) in [5.74, 6) is 0. The largest absolute Gasteiger partial charge is 3.00 e. The first-order chi connectivity index (χ1) is 2.89. The van der Waals surface area contributed by atoms with Crippen LogP contribution in [0.1, 0.15) is 13.3 Å². The third kappa shape index (κ3) is 6.25. The molecular formula is C8H13Zr. The summed E-state index contributed by atoms with van der Waals surface area (Å²) in [6.45, 7) is 2.06. The van der Waals surface area contributed by atoms with Crippen LogP contribution >= 0.6 is 0 Å². The van der Waals surface area contributed by atoms with E-state index in [9.17, 15) is 0 Å². The molecule has 1 aliphatic rings. The quantitative estimate of drug-likeness (QED) is 0.527. The molecule has 0 aromatic rings. The molecule has 0 amide bonds. The van der Waals surface area contributed by atoms with Crippen LogP contribution in [0.2, 0.25) is 0 Å². The number of rotatable bonds is 0. The monoisotopic (exact) mass is 199 g/mol. The van der Waals surface area contributed by atoms with Crippen LogP contribution in [-0.4, -0.2) is 0 Å². The Bertz CT molecular complexity index is 98.4. The zero-order valence-electron chi connectivity index (χ0n) is 6.36. The molecule has 0 aliphatic heterocycles. The van der Waals surface area contributed by atoms with E-state index in [2.05, 4.69) is 25.2 Å². The van der Waals surface area contributed by atoms with E-state index in [4.69, 9.17) is 0 Å². The van der Waals surface area contributed by atoms with Crippen molar-refractivity contribution < 1.29 is 26.2 Å². The summed E-state index contributed by atoms with van der Waals surface area (Å²) in [7, 11) is 0. The molecule has 1 radical (unpaired) electrons. The Morgan fingerprint density at radius 2 is 2.00 bits per heavy atom. The van der Waals surface area contributed by atoms with Gasteiger partial charge in [0.25, 0.3) is 0 Å². The second kappa shape index (κ2) is 8.36. The fourth-order valence-corrected chi connectivity index (χ4v) is 0.515. The standard InChI is InChI=1S/C6H7.2CH3.Zr/c1-6-4-2-3-5-6;;;/h2,4H,3H2,1H3;2*1H3;/q3*-1;+3. The molecule has 0 fully saturated rings. The molecule has 0 nitrogen and oxygen atoms in total. The summed E-state index contributed by atoms with van der Waals surface area (Å²) in [5.41, 5.74) is 1.27. The van der Waals surface area contributed by atoms with Crippen LogP contribution < -0.4 is 0 Å². The molecule has 1 aliphatic carbocycles. The van der Waals surface area contributed by atoms with Gasteiger partial charge in [-0.3, -0.25) is 6.08 Å². The first-order valence-electron chi connectivity index (χ1n) is 2.13. The fourth-order valence-electron chi connectivity index (χ4n) is 0.515. The van der Waals surface area contributed by atoms with Crippen molar-refractivity contribution in [2.75, 3.05) is 0 Å². The van der Waals surface area contributed by atoms with Gasteiger partial charge in [0.15, 0.2) is 0 Å². The van der Waals surface area contributed by atoms with Gasteiger partial charge in [0.2, 0.25) is 0 Å². The molecular weight excluding hydrogens is 187 g/mol.